The minimum Gasteiger partial charge on any atom is -0.466 e. The fraction of sp³-hybridized carbons (Fsp3) is 0.896. The molecule has 0 saturated carbocycles. The van der Waals surface area contributed by atoms with E-state index in [1.165, 1.54) is 302 Å². The smallest absolute Gasteiger partial charge is 0.305 e. The molecule has 7 unspecified atom stereocenters. The van der Waals surface area contributed by atoms with Gasteiger partial charge < -0.3 is 45.1 Å². The average molecular weight is 1250 g/mol. The monoisotopic (exact) mass is 1240 g/mol. The second kappa shape index (κ2) is 66.3. The standard InChI is InChI=1S/C77H145NO10/c1-3-5-7-9-11-13-15-17-37-40-43-47-51-55-59-63-70(80)69(68-87-77-76(85)75(84)74(83)71(67-79)88-77)78-72(81)64-60-56-52-48-44-41-38-35-33-31-29-27-25-23-21-19-18-20-22-24-26-28-30-32-34-36-39-42-46-50-54-58-62-66-86-73(82)65-61-57-53-49-45-16-14-12-10-8-6-4-2/h22,24,43,47,59,63,69-71,74-77,79-80,83-85H,3-21,23,25-42,44-46,48-58,60-62,64-68H2,1-2H3,(H,78,81)/b24-22-,47-43+,63-59+. The molecule has 1 saturated heterocycles. The van der Waals surface area contributed by atoms with Gasteiger partial charge in [-0.1, -0.05) is 333 Å². The molecule has 1 fully saturated rings. The van der Waals surface area contributed by atoms with Gasteiger partial charge in [-0.15, -0.1) is 0 Å². The Hall–Kier alpha value is -2.12. The molecule has 0 aromatic heterocycles. The molecule has 0 spiro atoms. The van der Waals surface area contributed by atoms with Gasteiger partial charge in [-0.05, 0) is 70.6 Å². The molecule has 0 aliphatic carbocycles. The lowest BCUT2D eigenvalue weighted by Crippen LogP contribution is -2.60. The van der Waals surface area contributed by atoms with Gasteiger partial charge in [0.15, 0.2) is 6.29 Å². The predicted molar refractivity (Wildman–Crippen MR) is 371 cm³/mol. The maximum atomic E-state index is 13.1. The number of aliphatic hydroxyl groups is 5. The number of nitrogens with one attached hydrogen (secondary N) is 1. The predicted octanol–water partition coefficient (Wildman–Crippen LogP) is 20.1. The zero-order valence-electron chi connectivity index (χ0n) is 57.7. The molecule has 6 N–H and O–H groups in total. The van der Waals surface area contributed by atoms with Gasteiger partial charge in [-0.25, -0.2) is 0 Å². The van der Waals surface area contributed by atoms with Crippen molar-refractivity contribution in [3.05, 3.63) is 36.5 Å². The Morgan fingerprint density at radius 2 is 0.739 bits per heavy atom. The number of carbonyl (C=O) groups excluding carboxylic acids is 2. The van der Waals surface area contributed by atoms with Crippen LogP contribution in [0.3, 0.4) is 0 Å². The third kappa shape index (κ3) is 54.4. The highest BCUT2D eigenvalue weighted by Gasteiger charge is 2.44. The zero-order valence-corrected chi connectivity index (χ0v) is 57.7. The third-order valence-electron chi connectivity index (χ3n) is 18.2. The fourth-order valence-corrected chi connectivity index (χ4v) is 12.2. The van der Waals surface area contributed by atoms with Crippen LogP contribution >= 0.6 is 0 Å². The Morgan fingerprint density at radius 1 is 0.409 bits per heavy atom. The number of esters is 1. The van der Waals surface area contributed by atoms with E-state index in [0.717, 1.165) is 51.4 Å². The van der Waals surface area contributed by atoms with Crippen LogP contribution in [0, 0.1) is 0 Å². The van der Waals surface area contributed by atoms with E-state index >= 15 is 0 Å². The Labute approximate surface area is 543 Å². The molecule has 0 radical (unpaired) electrons. The molecule has 0 bridgehead atoms. The summed E-state index contributed by atoms with van der Waals surface area (Å²) in [7, 11) is 0. The molecule has 1 aliphatic heterocycles. The number of amides is 1. The highest BCUT2D eigenvalue weighted by Crippen LogP contribution is 2.24. The lowest BCUT2D eigenvalue weighted by atomic mass is 9.99. The van der Waals surface area contributed by atoms with E-state index in [0.29, 0.717) is 19.4 Å². The maximum Gasteiger partial charge on any atom is 0.305 e. The van der Waals surface area contributed by atoms with Crippen LogP contribution in [0.25, 0.3) is 0 Å². The van der Waals surface area contributed by atoms with Crippen LogP contribution in [0.4, 0.5) is 0 Å². The van der Waals surface area contributed by atoms with E-state index in [-0.39, 0.29) is 18.5 Å². The van der Waals surface area contributed by atoms with Crippen LogP contribution in [0.15, 0.2) is 36.5 Å². The van der Waals surface area contributed by atoms with Crippen LogP contribution in [0.5, 0.6) is 0 Å². The first-order valence-corrected chi connectivity index (χ1v) is 38.3. The zero-order chi connectivity index (χ0) is 63.7. The van der Waals surface area contributed by atoms with E-state index in [4.69, 9.17) is 14.2 Å². The average Bonchev–Trinajstić information content (AvgIpc) is 3.68. The highest BCUT2D eigenvalue weighted by atomic mass is 16.7. The number of allylic oxidation sites excluding steroid dienone is 5. The van der Waals surface area contributed by atoms with Crippen molar-refractivity contribution in [2.75, 3.05) is 19.8 Å². The lowest BCUT2D eigenvalue weighted by Gasteiger charge is -2.40. The highest BCUT2D eigenvalue weighted by molar-refractivity contribution is 5.76. The number of hydrogen-bond acceptors (Lipinski definition) is 10. The minimum absolute atomic E-state index is 0.0124. The summed E-state index contributed by atoms with van der Waals surface area (Å²) in [5, 5.41) is 54.6. The van der Waals surface area contributed by atoms with Gasteiger partial charge in [0.2, 0.25) is 5.91 Å². The summed E-state index contributed by atoms with van der Waals surface area (Å²) in [5.41, 5.74) is 0. The molecular weight excluding hydrogens is 1100 g/mol. The van der Waals surface area contributed by atoms with Crippen molar-refractivity contribution in [2.45, 2.75) is 423 Å². The van der Waals surface area contributed by atoms with Gasteiger partial charge in [0.1, 0.15) is 24.4 Å². The van der Waals surface area contributed by atoms with Gasteiger partial charge in [0.05, 0.1) is 32.0 Å². The van der Waals surface area contributed by atoms with Crippen molar-refractivity contribution >= 4 is 11.9 Å². The van der Waals surface area contributed by atoms with E-state index in [1.54, 1.807) is 6.08 Å². The van der Waals surface area contributed by atoms with Gasteiger partial charge in [0.25, 0.3) is 0 Å². The van der Waals surface area contributed by atoms with Crippen molar-refractivity contribution in [2.24, 2.45) is 0 Å². The van der Waals surface area contributed by atoms with Crippen LogP contribution < -0.4 is 5.32 Å². The van der Waals surface area contributed by atoms with Crippen LogP contribution in [0.2, 0.25) is 0 Å². The number of rotatable bonds is 68. The summed E-state index contributed by atoms with van der Waals surface area (Å²) in [6.07, 6.45) is 75.8. The number of hydrogen-bond donors (Lipinski definition) is 6. The van der Waals surface area contributed by atoms with Gasteiger partial charge in [0, 0.05) is 12.8 Å². The number of aliphatic hydroxyl groups excluding tert-OH is 5. The van der Waals surface area contributed by atoms with Gasteiger partial charge >= 0.3 is 5.97 Å². The summed E-state index contributed by atoms with van der Waals surface area (Å²) < 4.78 is 16.8. The van der Waals surface area contributed by atoms with Crippen LogP contribution in [-0.4, -0.2) is 100 Å². The third-order valence-corrected chi connectivity index (χ3v) is 18.2. The Balaban J connectivity index is 1.96. The summed E-state index contributed by atoms with van der Waals surface area (Å²) in [6, 6.07) is -0.826. The SMILES string of the molecule is CCCCCCCCCCC/C=C/CC/C=C/C(O)C(COC1OC(CO)C(O)C(O)C1O)NC(=O)CCCCCCCCCCCCCCCCCCC/C=C\CCCCCCCCCCCCCCOC(=O)CCCCCCCCCCCCCC. The molecule has 0 aromatic carbocycles. The van der Waals surface area contributed by atoms with E-state index < -0.39 is 49.5 Å². The molecule has 11 nitrogen and oxygen atoms in total. The quantitative estimate of drug-likeness (QED) is 0.0195. The largest absolute Gasteiger partial charge is 0.466 e. The van der Waals surface area contributed by atoms with Crippen molar-refractivity contribution < 1.29 is 49.3 Å². The number of carbonyl (C=O) groups is 2. The first-order valence-electron chi connectivity index (χ1n) is 38.3. The van der Waals surface area contributed by atoms with E-state index in [2.05, 4.69) is 43.5 Å². The van der Waals surface area contributed by atoms with Crippen molar-refractivity contribution in [1.82, 2.24) is 5.32 Å². The van der Waals surface area contributed by atoms with Crippen LogP contribution in [0.1, 0.15) is 380 Å². The van der Waals surface area contributed by atoms with E-state index in [9.17, 15) is 35.1 Å². The van der Waals surface area contributed by atoms with Gasteiger partial charge in [-0.2, -0.15) is 0 Å². The molecule has 518 valence electrons. The first-order chi connectivity index (χ1) is 43.2. The molecule has 1 aliphatic rings. The molecule has 88 heavy (non-hydrogen) atoms. The van der Waals surface area contributed by atoms with Gasteiger partial charge in [-0.3, -0.25) is 9.59 Å². The fourth-order valence-electron chi connectivity index (χ4n) is 12.2. The summed E-state index contributed by atoms with van der Waals surface area (Å²) in [4.78, 5) is 25.1. The molecule has 0 aromatic rings. The summed E-state index contributed by atoms with van der Waals surface area (Å²) >= 11 is 0. The lowest BCUT2D eigenvalue weighted by molar-refractivity contribution is -0.302. The molecule has 1 amide bonds. The molecule has 11 heteroatoms. The Bertz CT molecular complexity index is 1560. The van der Waals surface area contributed by atoms with Crippen LogP contribution in [-0.2, 0) is 23.8 Å². The van der Waals surface area contributed by atoms with E-state index in [1.807, 2.05) is 6.08 Å². The normalized spacial score (nSPS) is 17.9. The second-order valence-corrected chi connectivity index (χ2v) is 26.7. The number of unbranched alkanes of at least 4 members (excludes halogenated alkanes) is 50. The Kier molecular flexibility index (Phi) is 63.2. The maximum absolute atomic E-state index is 13.1. The second-order valence-electron chi connectivity index (χ2n) is 26.7. The molecule has 1 rings (SSSR count). The molecule has 1 heterocycles. The summed E-state index contributed by atoms with van der Waals surface area (Å²) in [6.45, 7) is 4.37. The summed E-state index contributed by atoms with van der Waals surface area (Å²) in [5.74, 6) is -0.174. The molecular formula is C77H145NO10. The van der Waals surface area contributed by atoms with Crippen molar-refractivity contribution in [3.8, 4) is 0 Å². The molecule has 7 atom stereocenters. The first kappa shape index (κ1) is 83.9. The minimum atomic E-state index is -1.58. The van der Waals surface area contributed by atoms with Crippen molar-refractivity contribution in [1.29, 1.82) is 0 Å². The Morgan fingerprint density at radius 3 is 1.12 bits per heavy atom. The number of ether oxygens (including phenoxy) is 3. The topological polar surface area (TPSA) is 175 Å². The van der Waals surface area contributed by atoms with Crippen molar-refractivity contribution in [3.63, 3.8) is 0 Å².